The number of ketones is 1. The number of phenolic OH excluding ortho intramolecular Hbond substituents is 2. The fourth-order valence-electron chi connectivity index (χ4n) is 2.62. The average molecular weight is 292 g/mol. The van der Waals surface area contributed by atoms with E-state index in [2.05, 4.69) is 30.6 Å². The van der Waals surface area contributed by atoms with E-state index in [0.717, 1.165) is 26.2 Å². The first-order valence-electron chi connectivity index (χ1n) is 7.30. The van der Waals surface area contributed by atoms with Crippen LogP contribution in [0.1, 0.15) is 31.1 Å². The number of benzene rings is 1. The van der Waals surface area contributed by atoms with Crippen LogP contribution in [-0.2, 0) is 0 Å². The van der Waals surface area contributed by atoms with Gasteiger partial charge in [0.05, 0.1) is 12.1 Å². The van der Waals surface area contributed by atoms with Crippen molar-refractivity contribution in [3.8, 4) is 11.5 Å². The van der Waals surface area contributed by atoms with Gasteiger partial charge in [-0.05, 0) is 32.9 Å². The maximum atomic E-state index is 12.2. The van der Waals surface area contributed by atoms with Crippen LogP contribution in [0.2, 0.25) is 0 Å². The Kier molecular flexibility index (Phi) is 4.54. The van der Waals surface area contributed by atoms with Crippen LogP contribution in [-0.4, -0.2) is 64.1 Å². The number of nitrogens with zero attached hydrogens (tertiary/aromatic N) is 2. The summed E-state index contributed by atoms with van der Waals surface area (Å²) in [7, 11) is 0. The van der Waals surface area contributed by atoms with Crippen molar-refractivity contribution >= 4 is 5.78 Å². The van der Waals surface area contributed by atoms with E-state index in [1.807, 2.05) is 0 Å². The van der Waals surface area contributed by atoms with Gasteiger partial charge in [0.25, 0.3) is 0 Å². The monoisotopic (exact) mass is 292 g/mol. The Morgan fingerprint density at radius 1 is 1.14 bits per heavy atom. The summed E-state index contributed by atoms with van der Waals surface area (Å²) < 4.78 is 0. The zero-order valence-electron chi connectivity index (χ0n) is 13.0. The molecule has 1 heterocycles. The van der Waals surface area contributed by atoms with Crippen molar-refractivity contribution in [2.75, 3.05) is 32.7 Å². The van der Waals surface area contributed by atoms with Crippen LogP contribution >= 0.6 is 0 Å². The standard InChI is InChI=1S/C16H24N2O3/c1-16(2,3)18-8-6-17(7-9-18)11-15(21)13-5-4-12(19)10-14(13)20/h4-5,10,19-20H,6-9,11H2,1-3H3. The summed E-state index contributed by atoms with van der Waals surface area (Å²) in [6.45, 7) is 10.5. The lowest BCUT2D eigenvalue weighted by Crippen LogP contribution is -2.54. The number of carbonyl (C=O) groups excluding carboxylic acids is 1. The maximum absolute atomic E-state index is 12.2. The molecule has 5 heteroatoms. The summed E-state index contributed by atoms with van der Waals surface area (Å²) in [6, 6.07) is 4.09. The Morgan fingerprint density at radius 3 is 2.29 bits per heavy atom. The van der Waals surface area contributed by atoms with E-state index in [4.69, 9.17) is 0 Å². The first-order valence-corrected chi connectivity index (χ1v) is 7.30. The van der Waals surface area contributed by atoms with Gasteiger partial charge in [-0.3, -0.25) is 14.6 Å². The van der Waals surface area contributed by atoms with Gasteiger partial charge in [0.15, 0.2) is 5.78 Å². The number of aromatic hydroxyl groups is 2. The second-order valence-corrected chi connectivity index (χ2v) is 6.56. The van der Waals surface area contributed by atoms with Crippen LogP contribution in [0.5, 0.6) is 11.5 Å². The Labute approximate surface area is 125 Å². The summed E-state index contributed by atoms with van der Waals surface area (Å²) in [5.74, 6) is -0.312. The number of carbonyl (C=O) groups is 1. The number of hydrogen-bond donors (Lipinski definition) is 2. The molecule has 5 nitrogen and oxygen atoms in total. The van der Waals surface area contributed by atoms with E-state index in [0.29, 0.717) is 6.54 Å². The summed E-state index contributed by atoms with van der Waals surface area (Å²) in [5.41, 5.74) is 0.428. The Morgan fingerprint density at radius 2 is 1.76 bits per heavy atom. The lowest BCUT2D eigenvalue weighted by Gasteiger charge is -2.42. The van der Waals surface area contributed by atoms with Crippen molar-refractivity contribution in [1.29, 1.82) is 0 Å². The normalized spacial score (nSPS) is 17.9. The summed E-state index contributed by atoms with van der Waals surface area (Å²) in [5, 5.41) is 19.0. The fraction of sp³-hybridized carbons (Fsp3) is 0.562. The quantitative estimate of drug-likeness (QED) is 0.830. The van der Waals surface area contributed by atoms with Crippen molar-refractivity contribution in [3.05, 3.63) is 23.8 Å². The largest absolute Gasteiger partial charge is 0.508 e. The molecule has 1 aromatic rings. The minimum absolute atomic E-state index is 0.0390. The van der Waals surface area contributed by atoms with Crippen LogP contribution in [0.4, 0.5) is 0 Å². The van der Waals surface area contributed by atoms with Crippen molar-refractivity contribution < 1.29 is 15.0 Å². The minimum atomic E-state index is -0.159. The topological polar surface area (TPSA) is 64.0 Å². The van der Waals surface area contributed by atoms with Gasteiger partial charge in [-0.15, -0.1) is 0 Å². The van der Waals surface area contributed by atoms with Crippen molar-refractivity contribution in [2.45, 2.75) is 26.3 Å². The lowest BCUT2D eigenvalue weighted by atomic mass is 10.0. The smallest absolute Gasteiger partial charge is 0.180 e. The zero-order valence-corrected chi connectivity index (χ0v) is 13.0. The number of hydrogen-bond acceptors (Lipinski definition) is 5. The lowest BCUT2D eigenvalue weighted by molar-refractivity contribution is 0.0578. The van der Waals surface area contributed by atoms with Crippen LogP contribution in [0.25, 0.3) is 0 Å². The molecule has 0 aromatic heterocycles. The highest BCUT2D eigenvalue weighted by atomic mass is 16.3. The van der Waals surface area contributed by atoms with Gasteiger partial charge in [-0.1, -0.05) is 0 Å². The summed E-state index contributed by atoms with van der Waals surface area (Å²) in [6.07, 6.45) is 0. The van der Waals surface area contributed by atoms with Gasteiger partial charge in [-0.2, -0.15) is 0 Å². The van der Waals surface area contributed by atoms with Gasteiger partial charge in [0, 0.05) is 37.8 Å². The molecule has 0 radical (unpaired) electrons. The molecular formula is C16H24N2O3. The Hall–Kier alpha value is -1.59. The molecular weight excluding hydrogens is 268 g/mol. The van der Waals surface area contributed by atoms with Crippen LogP contribution in [0, 0.1) is 0 Å². The maximum Gasteiger partial charge on any atom is 0.180 e. The Bertz CT molecular complexity index is 515. The average Bonchev–Trinajstić information content (AvgIpc) is 2.38. The van der Waals surface area contributed by atoms with Gasteiger partial charge in [0.1, 0.15) is 11.5 Å². The molecule has 1 fully saturated rings. The molecule has 2 N–H and O–H groups in total. The second kappa shape index (κ2) is 6.03. The highest BCUT2D eigenvalue weighted by Crippen LogP contribution is 2.23. The molecule has 0 aliphatic carbocycles. The van der Waals surface area contributed by atoms with Crippen molar-refractivity contribution in [3.63, 3.8) is 0 Å². The molecule has 1 aromatic carbocycles. The molecule has 0 saturated carbocycles. The predicted octanol–water partition coefficient (Wildman–Crippen LogP) is 1.70. The number of phenols is 2. The van der Waals surface area contributed by atoms with Gasteiger partial charge in [-0.25, -0.2) is 0 Å². The highest BCUT2D eigenvalue weighted by Gasteiger charge is 2.27. The van der Waals surface area contributed by atoms with Gasteiger partial charge >= 0.3 is 0 Å². The molecule has 0 unspecified atom stereocenters. The van der Waals surface area contributed by atoms with E-state index in [9.17, 15) is 15.0 Å². The highest BCUT2D eigenvalue weighted by molar-refractivity contribution is 6.00. The van der Waals surface area contributed by atoms with Gasteiger partial charge in [0.2, 0.25) is 0 Å². The van der Waals surface area contributed by atoms with E-state index >= 15 is 0 Å². The second-order valence-electron chi connectivity index (χ2n) is 6.56. The van der Waals surface area contributed by atoms with Crippen molar-refractivity contribution in [1.82, 2.24) is 9.80 Å². The molecule has 116 valence electrons. The van der Waals surface area contributed by atoms with Gasteiger partial charge < -0.3 is 10.2 Å². The first kappa shape index (κ1) is 15.8. The third-order valence-corrected chi connectivity index (χ3v) is 3.97. The third-order valence-electron chi connectivity index (χ3n) is 3.97. The van der Waals surface area contributed by atoms with E-state index < -0.39 is 0 Å². The first-order chi connectivity index (χ1) is 9.77. The molecule has 0 atom stereocenters. The van der Waals surface area contributed by atoms with Crippen LogP contribution in [0.3, 0.4) is 0 Å². The molecule has 1 aliphatic rings. The zero-order chi connectivity index (χ0) is 15.6. The van der Waals surface area contributed by atoms with Crippen molar-refractivity contribution in [2.24, 2.45) is 0 Å². The number of rotatable bonds is 3. The van der Waals surface area contributed by atoms with Crippen LogP contribution < -0.4 is 0 Å². The Balaban J connectivity index is 1.93. The number of piperazine rings is 1. The summed E-state index contributed by atoms with van der Waals surface area (Å²) >= 11 is 0. The van der Waals surface area contributed by atoms with Crippen LogP contribution in [0.15, 0.2) is 18.2 Å². The molecule has 21 heavy (non-hydrogen) atoms. The van der Waals surface area contributed by atoms with E-state index in [1.165, 1.54) is 18.2 Å². The third kappa shape index (κ3) is 3.95. The minimum Gasteiger partial charge on any atom is -0.508 e. The molecule has 0 bridgehead atoms. The molecule has 1 saturated heterocycles. The van der Waals surface area contributed by atoms with E-state index in [-0.39, 0.29) is 28.4 Å². The molecule has 0 spiro atoms. The SMILES string of the molecule is CC(C)(C)N1CCN(CC(=O)c2ccc(O)cc2O)CC1. The molecule has 2 rings (SSSR count). The number of Topliss-reactive ketones (excluding diaryl/α,β-unsaturated/α-hetero) is 1. The molecule has 0 amide bonds. The molecule has 1 aliphatic heterocycles. The summed E-state index contributed by atoms with van der Waals surface area (Å²) in [4.78, 5) is 16.7. The fourth-order valence-corrected chi connectivity index (χ4v) is 2.62. The predicted molar refractivity (Wildman–Crippen MR) is 81.9 cm³/mol. The van der Waals surface area contributed by atoms with E-state index in [1.54, 1.807) is 0 Å².